The molecule has 21 heavy (non-hydrogen) atoms. The van der Waals surface area contributed by atoms with Gasteiger partial charge in [-0.05, 0) is 36.8 Å². The Morgan fingerprint density at radius 3 is 2.95 bits per heavy atom. The van der Waals surface area contributed by atoms with Gasteiger partial charge in [-0.25, -0.2) is 0 Å². The van der Waals surface area contributed by atoms with Crippen LogP contribution in [0.15, 0.2) is 36.5 Å². The number of hydrogen-bond donors (Lipinski definition) is 3. The summed E-state index contributed by atoms with van der Waals surface area (Å²) in [5.41, 5.74) is 7.90. The van der Waals surface area contributed by atoms with E-state index < -0.39 is 0 Å². The Kier molecular flexibility index (Phi) is 3.86. The first-order valence-corrected chi connectivity index (χ1v) is 7.72. The molecule has 1 amide bonds. The Labute approximate surface area is 130 Å². The van der Waals surface area contributed by atoms with Crippen molar-refractivity contribution in [3.8, 4) is 0 Å². The average Bonchev–Trinajstić information content (AvgIpc) is 3.04. The molecule has 108 valence electrons. The largest absolute Gasteiger partial charge is 0.399 e. The van der Waals surface area contributed by atoms with Gasteiger partial charge in [0.25, 0.3) is 5.91 Å². The van der Waals surface area contributed by atoms with Gasteiger partial charge in [0.2, 0.25) is 0 Å². The van der Waals surface area contributed by atoms with Gasteiger partial charge in [0.15, 0.2) is 0 Å². The second kappa shape index (κ2) is 5.79. The summed E-state index contributed by atoms with van der Waals surface area (Å²) in [7, 11) is 0. The summed E-state index contributed by atoms with van der Waals surface area (Å²) in [6, 6.07) is 9.32. The first-order valence-electron chi connectivity index (χ1n) is 6.52. The molecule has 4 N–H and O–H groups in total. The first-order chi connectivity index (χ1) is 10.1. The quantitative estimate of drug-likeness (QED) is 0.645. The topological polar surface area (TPSA) is 70.9 Å². The van der Waals surface area contributed by atoms with Crippen LogP contribution >= 0.6 is 22.9 Å². The van der Waals surface area contributed by atoms with Crippen molar-refractivity contribution in [2.45, 2.75) is 6.42 Å². The molecule has 0 radical (unpaired) electrons. The van der Waals surface area contributed by atoms with Gasteiger partial charge in [-0.1, -0.05) is 11.6 Å². The average molecular weight is 320 g/mol. The maximum absolute atomic E-state index is 12.2. The number of H-pyrrole nitrogens is 1. The van der Waals surface area contributed by atoms with E-state index >= 15 is 0 Å². The molecule has 0 saturated heterocycles. The molecule has 2 heterocycles. The number of carbonyl (C=O) groups excluding carboxylic acids is 1. The second-order valence-electron chi connectivity index (χ2n) is 4.72. The van der Waals surface area contributed by atoms with Gasteiger partial charge in [-0.2, -0.15) is 0 Å². The highest BCUT2D eigenvalue weighted by molar-refractivity contribution is 7.16. The van der Waals surface area contributed by atoms with E-state index in [1.165, 1.54) is 11.3 Å². The van der Waals surface area contributed by atoms with Crippen molar-refractivity contribution in [2.75, 3.05) is 12.3 Å². The summed E-state index contributed by atoms with van der Waals surface area (Å²) in [5, 5.41) is 3.80. The highest BCUT2D eigenvalue weighted by atomic mass is 35.5. The van der Waals surface area contributed by atoms with E-state index in [4.69, 9.17) is 17.3 Å². The van der Waals surface area contributed by atoms with Crippen molar-refractivity contribution < 1.29 is 4.79 Å². The van der Waals surface area contributed by atoms with Crippen molar-refractivity contribution in [3.05, 3.63) is 51.3 Å². The number of nitrogen functional groups attached to an aromatic ring is 1. The van der Waals surface area contributed by atoms with Crippen LogP contribution in [0.2, 0.25) is 4.34 Å². The molecule has 2 aromatic heterocycles. The zero-order valence-electron chi connectivity index (χ0n) is 11.2. The highest BCUT2D eigenvalue weighted by Gasteiger charge is 2.11. The van der Waals surface area contributed by atoms with Gasteiger partial charge in [-0.3, -0.25) is 4.79 Å². The van der Waals surface area contributed by atoms with Crippen LogP contribution in [0.4, 0.5) is 5.69 Å². The molecule has 1 aromatic carbocycles. The number of nitrogens with one attached hydrogen (secondary N) is 2. The number of anilines is 1. The number of benzene rings is 1. The summed E-state index contributed by atoms with van der Waals surface area (Å²) < 4.78 is 0.769. The van der Waals surface area contributed by atoms with Gasteiger partial charge in [-0.15, -0.1) is 11.3 Å². The Balaban J connectivity index is 1.66. The number of aromatic nitrogens is 1. The van der Waals surface area contributed by atoms with Crippen molar-refractivity contribution in [1.82, 2.24) is 10.3 Å². The van der Waals surface area contributed by atoms with Gasteiger partial charge in [0, 0.05) is 34.2 Å². The third-order valence-corrected chi connectivity index (χ3v) is 4.53. The lowest BCUT2D eigenvalue weighted by Gasteiger charge is -2.03. The molecule has 0 aliphatic heterocycles. The maximum Gasteiger partial charge on any atom is 0.253 e. The lowest BCUT2D eigenvalue weighted by molar-refractivity contribution is 0.0956. The number of nitrogens with two attached hydrogens (primary N) is 1. The van der Waals surface area contributed by atoms with Crippen molar-refractivity contribution in [1.29, 1.82) is 0 Å². The number of thiophene rings is 1. The van der Waals surface area contributed by atoms with Crippen molar-refractivity contribution in [2.24, 2.45) is 0 Å². The van der Waals surface area contributed by atoms with Gasteiger partial charge < -0.3 is 16.0 Å². The fraction of sp³-hybridized carbons (Fsp3) is 0.133. The molecule has 0 aliphatic rings. The predicted molar refractivity (Wildman–Crippen MR) is 88.1 cm³/mol. The van der Waals surface area contributed by atoms with Crippen LogP contribution in [0.5, 0.6) is 0 Å². The van der Waals surface area contributed by atoms with E-state index in [1.807, 2.05) is 24.3 Å². The van der Waals surface area contributed by atoms with Crippen LogP contribution in [0.1, 0.15) is 15.2 Å². The molecule has 0 saturated carbocycles. The Bertz CT molecular complexity index is 793. The van der Waals surface area contributed by atoms with Crippen LogP contribution in [0.25, 0.3) is 10.9 Å². The normalized spacial score (nSPS) is 10.9. The van der Waals surface area contributed by atoms with E-state index in [1.54, 1.807) is 12.3 Å². The molecule has 3 rings (SSSR count). The predicted octanol–water partition coefficient (Wildman–Crippen LogP) is 3.44. The molecular weight excluding hydrogens is 306 g/mol. The van der Waals surface area contributed by atoms with E-state index in [-0.39, 0.29) is 5.91 Å². The zero-order valence-corrected chi connectivity index (χ0v) is 12.7. The van der Waals surface area contributed by atoms with Gasteiger partial charge in [0.1, 0.15) is 0 Å². The summed E-state index contributed by atoms with van der Waals surface area (Å²) >= 11 is 7.41. The van der Waals surface area contributed by atoms with E-state index in [0.29, 0.717) is 17.8 Å². The minimum atomic E-state index is -0.0892. The van der Waals surface area contributed by atoms with Gasteiger partial charge >= 0.3 is 0 Å². The van der Waals surface area contributed by atoms with Crippen LogP contribution in [0, 0.1) is 0 Å². The number of fused-ring (bicyclic) bond motifs is 1. The molecule has 4 nitrogen and oxygen atoms in total. The number of aromatic amines is 1. The lowest BCUT2D eigenvalue weighted by atomic mass is 10.1. The number of amides is 1. The molecule has 0 aliphatic carbocycles. The summed E-state index contributed by atoms with van der Waals surface area (Å²) in [6.45, 7) is 0.581. The fourth-order valence-corrected chi connectivity index (χ4v) is 3.30. The number of hydrogen-bond acceptors (Lipinski definition) is 3. The lowest BCUT2D eigenvalue weighted by Crippen LogP contribution is -2.25. The third kappa shape index (κ3) is 3.04. The summed E-state index contributed by atoms with van der Waals surface area (Å²) in [6.07, 6.45) is 2.49. The Hall–Kier alpha value is -1.98. The minimum Gasteiger partial charge on any atom is -0.399 e. The Morgan fingerprint density at radius 2 is 2.19 bits per heavy atom. The molecule has 3 aromatic rings. The summed E-state index contributed by atoms with van der Waals surface area (Å²) in [5.74, 6) is -0.0892. The second-order valence-corrected chi connectivity index (χ2v) is 6.52. The standard InChI is InChI=1S/C15H14ClN3OS/c16-14-4-2-10(21-14)5-6-18-15(20)12-8-19-13-7-9(17)1-3-11(12)13/h1-4,7-8,19H,5-6,17H2,(H,18,20). The van der Waals surface area contributed by atoms with Crippen LogP contribution in [0.3, 0.4) is 0 Å². The minimum absolute atomic E-state index is 0.0892. The monoisotopic (exact) mass is 319 g/mol. The number of carbonyl (C=O) groups is 1. The number of rotatable bonds is 4. The highest BCUT2D eigenvalue weighted by Crippen LogP contribution is 2.22. The van der Waals surface area contributed by atoms with Crippen molar-refractivity contribution in [3.63, 3.8) is 0 Å². The van der Waals surface area contributed by atoms with Gasteiger partial charge in [0.05, 0.1) is 9.90 Å². The van der Waals surface area contributed by atoms with E-state index in [2.05, 4.69) is 10.3 Å². The smallest absolute Gasteiger partial charge is 0.253 e. The van der Waals surface area contributed by atoms with Crippen LogP contribution in [-0.2, 0) is 6.42 Å². The summed E-state index contributed by atoms with van der Waals surface area (Å²) in [4.78, 5) is 16.4. The van der Waals surface area contributed by atoms with Crippen LogP contribution in [-0.4, -0.2) is 17.4 Å². The van der Waals surface area contributed by atoms with E-state index in [9.17, 15) is 4.79 Å². The first kappa shape index (κ1) is 14.0. The molecule has 0 bridgehead atoms. The van der Waals surface area contributed by atoms with Crippen molar-refractivity contribution >= 4 is 45.4 Å². The molecule has 0 atom stereocenters. The fourth-order valence-electron chi connectivity index (χ4n) is 2.21. The molecule has 6 heteroatoms. The molecular formula is C15H14ClN3OS. The molecule has 0 fully saturated rings. The Morgan fingerprint density at radius 1 is 1.33 bits per heavy atom. The zero-order chi connectivity index (χ0) is 14.8. The number of halogens is 1. The molecule has 0 unspecified atom stereocenters. The van der Waals surface area contributed by atoms with Crippen LogP contribution < -0.4 is 11.1 Å². The molecule has 0 spiro atoms. The maximum atomic E-state index is 12.2. The third-order valence-electron chi connectivity index (χ3n) is 3.24. The SMILES string of the molecule is Nc1ccc2c(C(=O)NCCc3ccc(Cl)s3)c[nH]c2c1. The van der Waals surface area contributed by atoms with E-state index in [0.717, 1.165) is 26.5 Å².